The summed E-state index contributed by atoms with van der Waals surface area (Å²) in [5.74, 6) is 0.918. The highest BCUT2D eigenvalue weighted by molar-refractivity contribution is 5.44. The second-order valence-corrected chi connectivity index (χ2v) is 8.45. The van der Waals surface area contributed by atoms with E-state index in [-0.39, 0.29) is 11.3 Å². The van der Waals surface area contributed by atoms with Gasteiger partial charge in [0.05, 0.1) is 6.10 Å². The maximum Gasteiger partial charge on any atom is 0.131 e. The third-order valence-electron chi connectivity index (χ3n) is 7.47. The molecule has 24 heavy (non-hydrogen) atoms. The minimum atomic E-state index is -1.11. The number of alkyl halides is 1. The molecule has 6 atom stereocenters. The molecule has 3 aliphatic carbocycles. The Morgan fingerprint density at radius 1 is 1.33 bits per heavy atom. The number of aliphatic hydroxyl groups excluding tert-OH is 1. The fourth-order valence-corrected chi connectivity index (χ4v) is 6.32. The second kappa shape index (κ2) is 5.32. The number of aromatic hydroxyl groups is 1. The number of halogens is 1. The van der Waals surface area contributed by atoms with E-state index in [1.165, 1.54) is 11.1 Å². The number of phenols is 1. The average molecular weight is 330 g/mol. The van der Waals surface area contributed by atoms with Crippen LogP contribution in [-0.4, -0.2) is 22.5 Å². The summed E-state index contributed by atoms with van der Waals surface area (Å²) < 4.78 is 14.8. The summed E-state index contributed by atoms with van der Waals surface area (Å²) in [6.07, 6.45) is 5.20. The van der Waals surface area contributed by atoms with Crippen LogP contribution in [0.1, 0.15) is 50.2 Å². The predicted octanol–water partition coefficient (Wildman–Crippen LogP) is 4.29. The van der Waals surface area contributed by atoms with Crippen LogP contribution in [0.4, 0.5) is 4.39 Å². The third kappa shape index (κ3) is 1.97. The summed E-state index contributed by atoms with van der Waals surface area (Å²) in [6, 6.07) is 5.74. The first-order chi connectivity index (χ1) is 11.4. The number of allylic oxidation sites excluding steroid dienone is 1. The summed E-state index contributed by atoms with van der Waals surface area (Å²) in [5, 5.41) is 20.1. The number of hydrogen-bond donors (Lipinski definition) is 2. The first kappa shape index (κ1) is 16.1. The Bertz CT molecular complexity index is 672. The molecule has 3 aliphatic rings. The van der Waals surface area contributed by atoms with E-state index in [1.807, 2.05) is 19.1 Å². The number of aryl methyl sites for hydroxylation is 1. The van der Waals surface area contributed by atoms with Gasteiger partial charge < -0.3 is 10.2 Å². The van der Waals surface area contributed by atoms with Crippen LogP contribution >= 0.6 is 0 Å². The van der Waals surface area contributed by atoms with Gasteiger partial charge in [0.1, 0.15) is 11.9 Å². The summed E-state index contributed by atoms with van der Waals surface area (Å²) in [6.45, 7) is 6.04. The molecule has 0 aliphatic heterocycles. The Morgan fingerprint density at radius 2 is 2.12 bits per heavy atom. The molecular formula is C21H27FO2. The van der Waals surface area contributed by atoms with Gasteiger partial charge in [-0.3, -0.25) is 0 Å². The molecule has 0 aromatic heterocycles. The molecule has 2 nitrogen and oxygen atoms in total. The van der Waals surface area contributed by atoms with Crippen LogP contribution in [0.25, 0.3) is 0 Å². The normalized spacial score (nSPS) is 43.6. The summed E-state index contributed by atoms with van der Waals surface area (Å²) in [5.41, 5.74) is 2.13. The van der Waals surface area contributed by atoms with E-state index in [4.69, 9.17) is 0 Å². The van der Waals surface area contributed by atoms with Crippen LogP contribution in [0.3, 0.4) is 0 Å². The Labute approximate surface area is 143 Å². The van der Waals surface area contributed by atoms with Crippen molar-refractivity contribution in [2.75, 3.05) is 0 Å². The van der Waals surface area contributed by atoms with Crippen molar-refractivity contribution in [3.8, 4) is 5.75 Å². The molecule has 0 bridgehead atoms. The molecule has 2 fully saturated rings. The monoisotopic (exact) mass is 330 g/mol. The van der Waals surface area contributed by atoms with Gasteiger partial charge in [0.2, 0.25) is 0 Å². The highest BCUT2D eigenvalue weighted by Gasteiger charge is 2.62. The lowest BCUT2D eigenvalue weighted by Gasteiger charge is -2.56. The fourth-order valence-electron chi connectivity index (χ4n) is 6.32. The molecule has 0 radical (unpaired) electrons. The average Bonchev–Trinajstić information content (AvgIpc) is 2.79. The van der Waals surface area contributed by atoms with Gasteiger partial charge in [0, 0.05) is 10.8 Å². The van der Waals surface area contributed by atoms with Crippen molar-refractivity contribution in [2.24, 2.45) is 17.3 Å². The zero-order valence-corrected chi connectivity index (χ0v) is 14.3. The standard InChI is InChI=1S/C21H27FO2/c1-3-8-21-10-9-20(2)17(12-18(24)19(20)22)16(21)6-4-13-11-14(23)5-7-15(13)21/h3,5,7,11,16-19,23-24H,1,4,6,8-10,12H2,2H3/t16-,17-,18+,19-,20-,21+/m0/s1. The lowest BCUT2D eigenvalue weighted by atomic mass is 9.47. The largest absolute Gasteiger partial charge is 0.508 e. The van der Waals surface area contributed by atoms with Crippen LogP contribution < -0.4 is 0 Å². The molecule has 4 rings (SSSR count). The molecule has 1 aromatic rings. The number of phenolic OH excluding ortho intramolecular Hbond substituents is 1. The number of benzene rings is 1. The molecule has 0 heterocycles. The molecule has 0 spiro atoms. The molecule has 130 valence electrons. The Morgan fingerprint density at radius 3 is 2.88 bits per heavy atom. The molecule has 2 N–H and O–H groups in total. The van der Waals surface area contributed by atoms with E-state index in [9.17, 15) is 14.6 Å². The van der Waals surface area contributed by atoms with E-state index in [1.54, 1.807) is 6.07 Å². The topological polar surface area (TPSA) is 40.5 Å². The SMILES string of the molecule is C=CC[C@]12CC[C@]3(C)[C@@H](F)[C@H](O)C[C@H]3[C@@H]1CCc1cc(O)ccc12. The zero-order chi connectivity index (χ0) is 17.1. The fraction of sp³-hybridized carbons (Fsp3) is 0.619. The van der Waals surface area contributed by atoms with Gasteiger partial charge in [-0.15, -0.1) is 6.58 Å². The van der Waals surface area contributed by atoms with Crippen molar-refractivity contribution >= 4 is 0 Å². The Kier molecular flexibility index (Phi) is 3.58. The van der Waals surface area contributed by atoms with Crippen molar-refractivity contribution in [3.05, 3.63) is 42.0 Å². The molecule has 3 heteroatoms. The summed E-state index contributed by atoms with van der Waals surface area (Å²) in [7, 11) is 0. The van der Waals surface area contributed by atoms with Gasteiger partial charge in [-0.05, 0) is 73.6 Å². The van der Waals surface area contributed by atoms with E-state index in [0.29, 0.717) is 18.1 Å². The number of hydrogen-bond acceptors (Lipinski definition) is 2. The van der Waals surface area contributed by atoms with Gasteiger partial charge in [-0.25, -0.2) is 4.39 Å². The lowest BCUT2D eigenvalue weighted by Crippen LogP contribution is -2.52. The van der Waals surface area contributed by atoms with Gasteiger partial charge in [0.25, 0.3) is 0 Å². The van der Waals surface area contributed by atoms with E-state index < -0.39 is 17.7 Å². The van der Waals surface area contributed by atoms with Crippen molar-refractivity contribution in [1.29, 1.82) is 0 Å². The van der Waals surface area contributed by atoms with Gasteiger partial charge in [0.15, 0.2) is 0 Å². The Hall–Kier alpha value is -1.35. The van der Waals surface area contributed by atoms with Crippen LogP contribution in [0.5, 0.6) is 5.75 Å². The second-order valence-electron chi connectivity index (χ2n) is 8.45. The van der Waals surface area contributed by atoms with E-state index >= 15 is 0 Å². The van der Waals surface area contributed by atoms with Crippen molar-refractivity contribution in [2.45, 2.75) is 63.1 Å². The molecular weight excluding hydrogens is 303 g/mol. The first-order valence-corrected chi connectivity index (χ1v) is 9.18. The molecule has 2 saturated carbocycles. The zero-order valence-electron chi connectivity index (χ0n) is 14.3. The lowest BCUT2D eigenvalue weighted by molar-refractivity contribution is -0.0325. The predicted molar refractivity (Wildman–Crippen MR) is 92.8 cm³/mol. The molecule has 0 saturated heterocycles. The van der Waals surface area contributed by atoms with Crippen molar-refractivity contribution < 1.29 is 14.6 Å². The molecule has 0 amide bonds. The van der Waals surface area contributed by atoms with Gasteiger partial charge >= 0.3 is 0 Å². The van der Waals surface area contributed by atoms with Gasteiger partial charge in [-0.1, -0.05) is 19.1 Å². The van der Waals surface area contributed by atoms with Crippen LogP contribution in [0.2, 0.25) is 0 Å². The van der Waals surface area contributed by atoms with Crippen molar-refractivity contribution in [1.82, 2.24) is 0 Å². The Balaban J connectivity index is 1.83. The van der Waals surface area contributed by atoms with Crippen LogP contribution in [0.15, 0.2) is 30.9 Å². The van der Waals surface area contributed by atoms with E-state index in [0.717, 1.165) is 32.1 Å². The minimum Gasteiger partial charge on any atom is -0.508 e. The number of fused-ring (bicyclic) bond motifs is 5. The maximum absolute atomic E-state index is 14.8. The van der Waals surface area contributed by atoms with Crippen LogP contribution in [0, 0.1) is 17.3 Å². The van der Waals surface area contributed by atoms with E-state index in [2.05, 4.69) is 12.6 Å². The minimum absolute atomic E-state index is 0.0169. The first-order valence-electron chi connectivity index (χ1n) is 9.18. The highest BCUT2D eigenvalue weighted by Crippen LogP contribution is 2.64. The summed E-state index contributed by atoms with van der Waals surface area (Å²) >= 11 is 0. The number of aliphatic hydroxyl groups is 1. The third-order valence-corrected chi connectivity index (χ3v) is 7.47. The highest BCUT2D eigenvalue weighted by atomic mass is 19.1. The van der Waals surface area contributed by atoms with Crippen LogP contribution in [-0.2, 0) is 11.8 Å². The smallest absolute Gasteiger partial charge is 0.131 e. The van der Waals surface area contributed by atoms with Gasteiger partial charge in [-0.2, -0.15) is 0 Å². The maximum atomic E-state index is 14.8. The van der Waals surface area contributed by atoms with Crippen molar-refractivity contribution in [3.63, 3.8) is 0 Å². The molecule has 0 unspecified atom stereocenters. The molecule has 1 aromatic carbocycles. The summed E-state index contributed by atoms with van der Waals surface area (Å²) in [4.78, 5) is 0. The number of rotatable bonds is 2. The quantitative estimate of drug-likeness (QED) is 0.794.